The number of hydrogen-bond acceptors (Lipinski definition) is 2. The number of rotatable bonds is 6. The molecule has 0 aliphatic carbocycles. The van der Waals surface area contributed by atoms with Crippen LogP contribution in [0, 0.1) is 6.92 Å². The van der Waals surface area contributed by atoms with Crippen molar-refractivity contribution in [3.63, 3.8) is 0 Å². The van der Waals surface area contributed by atoms with Crippen molar-refractivity contribution in [2.24, 2.45) is 0 Å². The SMILES string of the molecule is Cc1cc(Cl)ccc1C(=O)CC(C(=O)O)c1c[nH]c2ccc(C(C)C)cc12. The number of ketones is 1. The highest BCUT2D eigenvalue weighted by atomic mass is 35.5. The Morgan fingerprint density at radius 1 is 1.15 bits per heavy atom. The molecule has 0 saturated heterocycles. The van der Waals surface area contributed by atoms with Crippen LogP contribution in [-0.4, -0.2) is 21.8 Å². The second-order valence-electron chi connectivity index (χ2n) is 7.18. The average molecular weight is 384 g/mol. The second-order valence-corrected chi connectivity index (χ2v) is 7.62. The summed E-state index contributed by atoms with van der Waals surface area (Å²) in [5.74, 6) is -1.79. The van der Waals surface area contributed by atoms with Gasteiger partial charge in [-0.1, -0.05) is 31.5 Å². The van der Waals surface area contributed by atoms with Crippen molar-refractivity contribution in [2.45, 2.75) is 39.0 Å². The third kappa shape index (κ3) is 3.91. The third-order valence-corrected chi connectivity index (χ3v) is 5.19. The fourth-order valence-corrected chi connectivity index (χ4v) is 3.60. The van der Waals surface area contributed by atoms with Gasteiger partial charge in [0.2, 0.25) is 0 Å². The van der Waals surface area contributed by atoms with Gasteiger partial charge in [0.05, 0.1) is 5.92 Å². The molecule has 0 aliphatic rings. The Morgan fingerprint density at radius 2 is 1.89 bits per heavy atom. The molecule has 1 atom stereocenters. The first-order valence-corrected chi connectivity index (χ1v) is 9.28. The zero-order valence-corrected chi connectivity index (χ0v) is 16.3. The largest absolute Gasteiger partial charge is 0.481 e. The molecule has 0 amide bonds. The van der Waals surface area contributed by atoms with Crippen LogP contribution in [0.25, 0.3) is 10.9 Å². The van der Waals surface area contributed by atoms with Gasteiger partial charge in [0.25, 0.3) is 0 Å². The maximum Gasteiger partial charge on any atom is 0.311 e. The van der Waals surface area contributed by atoms with Crippen LogP contribution in [0.3, 0.4) is 0 Å². The van der Waals surface area contributed by atoms with E-state index in [-0.39, 0.29) is 12.2 Å². The lowest BCUT2D eigenvalue weighted by molar-refractivity contribution is -0.138. The van der Waals surface area contributed by atoms with Gasteiger partial charge in [-0.3, -0.25) is 9.59 Å². The number of aliphatic carboxylic acids is 1. The highest BCUT2D eigenvalue weighted by molar-refractivity contribution is 6.30. The Labute approximate surface area is 163 Å². The quantitative estimate of drug-likeness (QED) is 0.537. The molecule has 0 fully saturated rings. The highest BCUT2D eigenvalue weighted by Gasteiger charge is 2.27. The Balaban J connectivity index is 1.99. The smallest absolute Gasteiger partial charge is 0.311 e. The molecule has 1 unspecified atom stereocenters. The van der Waals surface area contributed by atoms with Crippen LogP contribution in [0.5, 0.6) is 0 Å². The molecule has 3 rings (SSSR count). The third-order valence-electron chi connectivity index (χ3n) is 4.96. The minimum absolute atomic E-state index is 0.101. The summed E-state index contributed by atoms with van der Waals surface area (Å²) in [5, 5.41) is 11.2. The van der Waals surface area contributed by atoms with E-state index < -0.39 is 11.9 Å². The summed E-state index contributed by atoms with van der Waals surface area (Å²) in [6.45, 7) is 5.99. The molecular formula is C22H22ClNO3. The molecule has 5 heteroatoms. The summed E-state index contributed by atoms with van der Waals surface area (Å²) >= 11 is 5.96. The van der Waals surface area contributed by atoms with Crippen molar-refractivity contribution in [3.8, 4) is 0 Å². The molecule has 4 nitrogen and oxygen atoms in total. The van der Waals surface area contributed by atoms with Gasteiger partial charge in [-0.15, -0.1) is 0 Å². The Bertz CT molecular complexity index is 1020. The number of aromatic nitrogens is 1. The van der Waals surface area contributed by atoms with Gasteiger partial charge in [0, 0.05) is 34.1 Å². The lowest BCUT2D eigenvalue weighted by atomic mass is 9.89. The first-order valence-electron chi connectivity index (χ1n) is 8.91. The van der Waals surface area contributed by atoms with E-state index in [9.17, 15) is 14.7 Å². The maximum absolute atomic E-state index is 12.8. The Hall–Kier alpha value is -2.59. The number of hydrogen-bond donors (Lipinski definition) is 2. The number of halogens is 1. The van der Waals surface area contributed by atoms with Gasteiger partial charge in [0.15, 0.2) is 5.78 Å². The summed E-state index contributed by atoms with van der Waals surface area (Å²) in [7, 11) is 0. The molecule has 2 aromatic carbocycles. The van der Waals surface area contributed by atoms with E-state index in [1.165, 1.54) is 0 Å². The van der Waals surface area contributed by atoms with E-state index in [1.807, 2.05) is 18.2 Å². The maximum atomic E-state index is 12.8. The fraction of sp³-hybridized carbons (Fsp3) is 0.273. The van der Waals surface area contributed by atoms with Crippen LogP contribution >= 0.6 is 11.6 Å². The lowest BCUT2D eigenvalue weighted by Gasteiger charge is -2.13. The van der Waals surface area contributed by atoms with Crippen molar-refractivity contribution in [1.82, 2.24) is 4.98 Å². The molecule has 27 heavy (non-hydrogen) atoms. The van der Waals surface area contributed by atoms with E-state index in [2.05, 4.69) is 18.8 Å². The first kappa shape index (κ1) is 19.2. The molecule has 0 spiro atoms. The van der Waals surface area contributed by atoms with Crippen molar-refractivity contribution < 1.29 is 14.7 Å². The summed E-state index contributed by atoms with van der Waals surface area (Å²) in [4.78, 5) is 27.9. The molecule has 2 N–H and O–H groups in total. The summed E-state index contributed by atoms with van der Waals surface area (Å²) < 4.78 is 0. The van der Waals surface area contributed by atoms with Gasteiger partial charge in [-0.2, -0.15) is 0 Å². The van der Waals surface area contributed by atoms with E-state index in [0.717, 1.165) is 22.0 Å². The number of fused-ring (bicyclic) bond motifs is 1. The summed E-state index contributed by atoms with van der Waals surface area (Å²) in [5.41, 5.74) is 3.90. The van der Waals surface area contributed by atoms with E-state index in [4.69, 9.17) is 11.6 Å². The van der Waals surface area contributed by atoms with E-state index in [1.54, 1.807) is 31.3 Å². The zero-order chi connectivity index (χ0) is 19.7. The average Bonchev–Trinajstić information content (AvgIpc) is 3.01. The second kappa shape index (κ2) is 7.57. The van der Waals surface area contributed by atoms with Gasteiger partial charge in [0.1, 0.15) is 0 Å². The summed E-state index contributed by atoms with van der Waals surface area (Å²) in [6, 6.07) is 11.0. The molecular weight excluding hydrogens is 362 g/mol. The molecule has 140 valence electrons. The molecule has 1 heterocycles. The van der Waals surface area contributed by atoms with Crippen molar-refractivity contribution >= 4 is 34.3 Å². The Kier molecular flexibility index (Phi) is 5.38. The predicted octanol–water partition coefficient (Wildman–Crippen LogP) is 5.69. The number of carboxylic acids is 1. The number of aryl methyl sites for hydroxylation is 1. The minimum Gasteiger partial charge on any atom is -0.481 e. The Morgan fingerprint density at radius 3 is 2.52 bits per heavy atom. The van der Waals surface area contributed by atoms with Gasteiger partial charge in [-0.25, -0.2) is 0 Å². The molecule has 0 bridgehead atoms. The van der Waals surface area contributed by atoms with Crippen LogP contribution < -0.4 is 0 Å². The van der Waals surface area contributed by atoms with Crippen molar-refractivity contribution in [3.05, 3.63) is 69.9 Å². The lowest BCUT2D eigenvalue weighted by Crippen LogP contribution is -2.16. The van der Waals surface area contributed by atoms with Gasteiger partial charge in [-0.05, 0) is 59.9 Å². The molecule has 0 aliphatic heterocycles. The number of benzene rings is 2. The molecule has 0 saturated carbocycles. The number of nitrogens with one attached hydrogen (secondary N) is 1. The van der Waals surface area contributed by atoms with Crippen LogP contribution in [-0.2, 0) is 4.79 Å². The van der Waals surface area contributed by atoms with Crippen molar-refractivity contribution in [2.75, 3.05) is 0 Å². The standard InChI is InChI=1S/C22H22ClNO3/c1-12(2)14-4-7-20-17(9-14)19(11-24-20)18(22(26)27)10-21(25)16-6-5-15(23)8-13(16)3/h4-9,11-12,18,24H,10H2,1-3H3,(H,26,27). The zero-order valence-electron chi connectivity index (χ0n) is 15.5. The highest BCUT2D eigenvalue weighted by Crippen LogP contribution is 2.32. The molecule has 1 aromatic heterocycles. The van der Waals surface area contributed by atoms with Crippen LogP contribution in [0.4, 0.5) is 0 Å². The van der Waals surface area contributed by atoms with Crippen LogP contribution in [0.1, 0.15) is 59.2 Å². The molecule has 3 aromatic rings. The fourth-order valence-electron chi connectivity index (χ4n) is 3.37. The topological polar surface area (TPSA) is 70.2 Å². The number of Topliss-reactive ketones (excluding diaryl/α,β-unsaturated/α-hetero) is 1. The van der Waals surface area contributed by atoms with E-state index in [0.29, 0.717) is 22.1 Å². The number of carbonyl (C=O) groups is 2. The minimum atomic E-state index is -1.01. The predicted molar refractivity (Wildman–Crippen MR) is 108 cm³/mol. The summed E-state index contributed by atoms with van der Waals surface area (Å²) in [6.07, 6.45) is 1.60. The first-order chi connectivity index (χ1) is 12.8. The van der Waals surface area contributed by atoms with Gasteiger partial charge < -0.3 is 10.1 Å². The van der Waals surface area contributed by atoms with E-state index >= 15 is 0 Å². The van der Waals surface area contributed by atoms with Gasteiger partial charge >= 0.3 is 5.97 Å². The normalized spacial score (nSPS) is 12.5. The number of carboxylic acid groups (broad SMARTS) is 1. The molecule has 0 radical (unpaired) electrons. The number of aromatic amines is 1. The number of H-pyrrole nitrogens is 1. The van der Waals surface area contributed by atoms with Crippen LogP contribution in [0.2, 0.25) is 5.02 Å². The monoisotopic (exact) mass is 383 g/mol. The van der Waals surface area contributed by atoms with Crippen molar-refractivity contribution in [1.29, 1.82) is 0 Å². The van der Waals surface area contributed by atoms with Crippen LogP contribution in [0.15, 0.2) is 42.6 Å². The number of carbonyl (C=O) groups excluding carboxylic acids is 1.